The predicted molar refractivity (Wildman–Crippen MR) is 34.0 cm³/mol. The molecular weight excluding hydrogens is 84.1 g/mol. The summed E-state index contributed by atoms with van der Waals surface area (Å²) in [4.78, 5) is 0. The normalized spacial score (nSPS) is 8.86. The summed E-state index contributed by atoms with van der Waals surface area (Å²) in [6, 6.07) is 0. The van der Waals surface area contributed by atoms with Crippen LogP contribution in [0.25, 0.3) is 0 Å². The van der Waals surface area contributed by atoms with Crippen LogP contribution in [0.2, 0.25) is 0 Å². The summed E-state index contributed by atoms with van der Waals surface area (Å²) in [5.74, 6) is 0. The first-order valence-corrected chi connectivity index (χ1v) is 2.71. The molecule has 0 saturated carbocycles. The first-order valence-electron chi connectivity index (χ1n) is 2.71. The molecule has 0 heteroatoms. The van der Waals surface area contributed by atoms with Crippen molar-refractivity contribution >= 4 is 0 Å². The van der Waals surface area contributed by atoms with E-state index in [0.29, 0.717) is 0 Å². The lowest BCUT2D eigenvalue weighted by Crippen LogP contribution is -1.71. The highest BCUT2D eigenvalue weighted by Crippen LogP contribution is 2.01. The van der Waals surface area contributed by atoms with E-state index in [0.717, 1.165) is 12.8 Å². The largest absolute Gasteiger partial charge is 0.100 e. The molecule has 7 heavy (non-hydrogen) atoms. The molecule has 0 aromatic rings. The molecule has 0 N–H and O–H groups in total. The van der Waals surface area contributed by atoms with Crippen molar-refractivity contribution in [3.8, 4) is 0 Å². The predicted octanol–water partition coefficient (Wildman–Crippen LogP) is 2.57. The molecule has 0 saturated heterocycles. The van der Waals surface area contributed by atoms with E-state index in [1.165, 1.54) is 12.0 Å². The van der Waals surface area contributed by atoms with Gasteiger partial charge in [-0.15, -0.1) is 6.58 Å². The molecule has 0 aliphatic heterocycles. The topological polar surface area (TPSA) is 0 Å². The molecule has 0 fully saturated rings. The minimum atomic E-state index is 1.03. The van der Waals surface area contributed by atoms with Gasteiger partial charge in [0.05, 0.1) is 0 Å². The smallest absolute Gasteiger partial charge is 0.0326 e. The van der Waals surface area contributed by atoms with Crippen LogP contribution < -0.4 is 0 Å². The second-order valence-electron chi connectivity index (χ2n) is 1.91. The number of hydrogen-bond donors (Lipinski definition) is 0. The summed E-state index contributed by atoms with van der Waals surface area (Å²) in [6.45, 7) is 9.53. The van der Waals surface area contributed by atoms with Gasteiger partial charge in [0.15, 0.2) is 0 Å². The van der Waals surface area contributed by atoms with Crippen LogP contribution in [0.1, 0.15) is 26.2 Å². The van der Waals surface area contributed by atoms with E-state index in [2.05, 4.69) is 20.4 Å². The molecule has 0 heterocycles. The molecule has 1 radical (unpaired) electrons. The fourth-order valence-electron chi connectivity index (χ4n) is 0.427. The Kier molecular flexibility index (Phi) is 3.77. The van der Waals surface area contributed by atoms with Crippen molar-refractivity contribution in [2.24, 2.45) is 0 Å². The van der Waals surface area contributed by atoms with Crippen LogP contribution >= 0.6 is 0 Å². The third-order valence-electron chi connectivity index (χ3n) is 0.854. The Morgan fingerprint density at radius 1 is 1.57 bits per heavy atom. The van der Waals surface area contributed by atoms with Crippen molar-refractivity contribution < 1.29 is 0 Å². The first kappa shape index (κ1) is 6.74. The van der Waals surface area contributed by atoms with E-state index >= 15 is 0 Å². The van der Waals surface area contributed by atoms with Crippen LogP contribution in [-0.4, -0.2) is 0 Å². The molecule has 0 rings (SSSR count). The van der Waals surface area contributed by atoms with Gasteiger partial charge in [-0.2, -0.15) is 0 Å². The first-order chi connectivity index (χ1) is 3.27. The molecule has 0 unspecified atom stereocenters. The lowest BCUT2D eigenvalue weighted by molar-refractivity contribution is 0.833. The Labute approximate surface area is 46.2 Å². The second kappa shape index (κ2) is 3.91. The summed E-state index contributed by atoms with van der Waals surface area (Å²) in [7, 11) is 0. The minimum absolute atomic E-state index is 1.03. The molecule has 0 aromatic heterocycles. The minimum Gasteiger partial charge on any atom is -0.100 e. The van der Waals surface area contributed by atoms with E-state index in [9.17, 15) is 0 Å². The molecular formula is C7H13. The summed E-state index contributed by atoms with van der Waals surface area (Å²) < 4.78 is 0. The summed E-state index contributed by atoms with van der Waals surface area (Å²) in [6.07, 6.45) is 3.37. The van der Waals surface area contributed by atoms with Crippen LogP contribution in [0, 0.1) is 6.92 Å². The summed E-state index contributed by atoms with van der Waals surface area (Å²) in [5, 5.41) is 0. The Morgan fingerprint density at radius 3 is 2.29 bits per heavy atom. The zero-order chi connectivity index (χ0) is 5.70. The molecule has 0 aliphatic carbocycles. The maximum absolute atomic E-state index is 3.76. The SMILES string of the molecule is [CH2]CCCC(=C)C. The maximum atomic E-state index is 3.76. The van der Waals surface area contributed by atoms with E-state index < -0.39 is 0 Å². The van der Waals surface area contributed by atoms with Crippen LogP contribution in [0.5, 0.6) is 0 Å². The molecule has 0 aliphatic rings. The third-order valence-corrected chi connectivity index (χ3v) is 0.854. The molecule has 41 valence electrons. The third kappa shape index (κ3) is 5.74. The van der Waals surface area contributed by atoms with Crippen LogP contribution in [0.15, 0.2) is 12.2 Å². The van der Waals surface area contributed by atoms with E-state index in [4.69, 9.17) is 0 Å². The summed E-state index contributed by atoms with van der Waals surface area (Å²) in [5.41, 5.74) is 1.27. The molecule has 0 spiro atoms. The Bertz CT molecular complexity index is 53.1. The van der Waals surface area contributed by atoms with Crippen LogP contribution in [-0.2, 0) is 0 Å². The zero-order valence-corrected chi connectivity index (χ0v) is 5.04. The molecule has 0 nitrogen and oxygen atoms in total. The number of rotatable bonds is 3. The maximum Gasteiger partial charge on any atom is -0.0326 e. The van der Waals surface area contributed by atoms with Gasteiger partial charge in [0.2, 0.25) is 0 Å². The highest BCUT2D eigenvalue weighted by atomic mass is 13.9. The fraction of sp³-hybridized carbons (Fsp3) is 0.571. The van der Waals surface area contributed by atoms with Gasteiger partial charge in [-0.25, -0.2) is 0 Å². The van der Waals surface area contributed by atoms with Crippen molar-refractivity contribution in [1.82, 2.24) is 0 Å². The highest BCUT2D eigenvalue weighted by Gasteiger charge is 1.81. The van der Waals surface area contributed by atoms with Crippen molar-refractivity contribution in [1.29, 1.82) is 0 Å². The van der Waals surface area contributed by atoms with E-state index in [-0.39, 0.29) is 0 Å². The van der Waals surface area contributed by atoms with Gasteiger partial charge < -0.3 is 0 Å². The Hall–Kier alpha value is -0.260. The molecule has 0 bridgehead atoms. The van der Waals surface area contributed by atoms with Crippen molar-refractivity contribution in [3.05, 3.63) is 19.1 Å². The zero-order valence-electron chi connectivity index (χ0n) is 5.04. The van der Waals surface area contributed by atoms with Gasteiger partial charge in [-0.1, -0.05) is 18.9 Å². The van der Waals surface area contributed by atoms with Gasteiger partial charge in [0.1, 0.15) is 0 Å². The van der Waals surface area contributed by atoms with Crippen LogP contribution in [0.3, 0.4) is 0 Å². The lowest BCUT2D eigenvalue weighted by atomic mass is 10.2. The van der Waals surface area contributed by atoms with Crippen LogP contribution in [0.4, 0.5) is 0 Å². The number of unbranched alkanes of at least 4 members (excludes halogenated alkanes) is 1. The monoisotopic (exact) mass is 97.1 g/mol. The number of allylic oxidation sites excluding steroid dienone is 1. The van der Waals surface area contributed by atoms with Gasteiger partial charge in [-0.3, -0.25) is 0 Å². The average Bonchev–Trinajstić information content (AvgIpc) is 1.61. The second-order valence-corrected chi connectivity index (χ2v) is 1.91. The van der Waals surface area contributed by atoms with Gasteiger partial charge in [0.25, 0.3) is 0 Å². The highest BCUT2D eigenvalue weighted by molar-refractivity contribution is 4.87. The van der Waals surface area contributed by atoms with Gasteiger partial charge in [0, 0.05) is 0 Å². The van der Waals surface area contributed by atoms with Crippen molar-refractivity contribution in [3.63, 3.8) is 0 Å². The molecule has 0 aromatic carbocycles. The van der Waals surface area contributed by atoms with E-state index in [1.54, 1.807) is 0 Å². The molecule has 0 amide bonds. The van der Waals surface area contributed by atoms with Crippen molar-refractivity contribution in [2.45, 2.75) is 26.2 Å². The fourth-order valence-corrected chi connectivity index (χ4v) is 0.427. The summed E-state index contributed by atoms with van der Waals surface area (Å²) >= 11 is 0. The number of hydrogen-bond acceptors (Lipinski definition) is 0. The average molecular weight is 97.2 g/mol. The Morgan fingerprint density at radius 2 is 2.14 bits per heavy atom. The van der Waals surface area contributed by atoms with Gasteiger partial charge >= 0.3 is 0 Å². The lowest BCUT2D eigenvalue weighted by Gasteiger charge is -1.91. The molecule has 0 atom stereocenters. The quantitative estimate of drug-likeness (QED) is 0.475. The van der Waals surface area contributed by atoms with E-state index in [1.807, 2.05) is 0 Å². The Balaban J connectivity index is 2.82. The van der Waals surface area contributed by atoms with Gasteiger partial charge in [-0.05, 0) is 19.8 Å². The standard InChI is InChI=1S/C7H13/c1-4-5-6-7(2)3/h1-2,4-6H2,3H3. The van der Waals surface area contributed by atoms with Crippen molar-refractivity contribution in [2.75, 3.05) is 0 Å².